The van der Waals surface area contributed by atoms with Gasteiger partial charge in [-0.05, 0) is 65.4 Å². The van der Waals surface area contributed by atoms with Crippen LogP contribution >= 0.6 is 11.6 Å². The molecule has 0 saturated carbocycles. The molecular weight excluding hydrogens is 424 g/mol. The van der Waals surface area contributed by atoms with Crippen LogP contribution in [0.5, 0.6) is 5.75 Å². The van der Waals surface area contributed by atoms with Crippen molar-refractivity contribution in [3.8, 4) is 5.75 Å². The van der Waals surface area contributed by atoms with Crippen LogP contribution in [0.25, 0.3) is 21.7 Å². The van der Waals surface area contributed by atoms with Crippen molar-refractivity contribution < 1.29 is 13.9 Å². The highest BCUT2D eigenvalue weighted by molar-refractivity contribution is 6.30. The van der Waals surface area contributed by atoms with Gasteiger partial charge < -0.3 is 9.15 Å². The monoisotopic (exact) mass is 440 g/mol. The summed E-state index contributed by atoms with van der Waals surface area (Å²) in [6.45, 7) is 0.195. The van der Waals surface area contributed by atoms with Gasteiger partial charge in [-0.25, -0.2) is 4.79 Å². The first-order valence-electron chi connectivity index (χ1n) is 10.1. The first-order valence-corrected chi connectivity index (χ1v) is 10.4. The molecule has 1 aromatic heterocycles. The van der Waals surface area contributed by atoms with E-state index in [-0.39, 0.29) is 12.4 Å². The van der Waals surface area contributed by atoms with Crippen LogP contribution < -0.4 is 10.4 Å². The SMILES string of the molecule is O=C(c1ccc(Cl)cc1)c1ccc(OCc2cc(=O)oc3ccc4ccccc4c23)cc1. The standard InChI is InChI=1S/C27H17ClO4/c28-21-10-5-18(6-11-21)27(30)19-7-12-22(13-8-19)31-16-20-15-25(29)32-24-14-9-17-3-1-2-4-23(17)26(20)24/h1-15H,16H2. The Balaban J connectivity index is 1.41. The van der Waals surface area contributed by atoms with Crippen molar-refractivity contribution in [2.45, 2.75) is 6.61 Å². The van der Waals surface area contributed by atoms with Crippen molar-refractivity contribution >= 4 is 39.1 Å². The molecule has 0 amide bonds. The van der Waals surface area contributed by atoms with Crippen molar-refractivity contribution in [2.24, 2.45) is 0 Å². The van der Waals surface area contributed by atoms with Crippen LogP contribution in [-0.4, -0.2) is 5.78 Å². The maximum Gasteiger partial charge on any atom is 0.336 e. The van der Waals surface area contributed by atoms with Gasteiger partial charge in [0.2, 0.25) is 0 Å². The second kappa shape index (κ2) is 8.33. The molecule has 0 N–H and O–H groups in total. The summed E-state index contributed by atoms with van der Waals surface area (Å²) in [5.41, 5.74) is 1.97. The Hall–Kier alpha value is -3.89. The Bertz CT molecular complexity index is 1500. The molecule has 5 aromatic rings. The summed E-state index contributed by atoms with van der Waals surface area (Å²) in [6.07, 6.45) is 0. The summed E-state index contributed by atoms with van der Waals surface area (Å²) in [5, 5.41) is 3.49. The number of hydrogen-bond donors (Lipinski definition) is 0. The summed E-state index contributed by atoms with van der Waals surface area (Å²) in [5.74, 6) is 0.505. The molecule has 0 fully saturated rings. The van der Waals surface area contributed by atoms with Crippen LogP contribution in [0.3, 0.4) is 0 Å². The highest BCUT2D eigenvalue weighted by Crippen LogP contribution is 2.28. The number of halogens is 1. The van der Waals surface area contributed by atoms with E-state index in [1.165, 1.54) is 6.07 Å². The Kier molecular flexibility index (Phi) is 5.21. The van der Waals surface area contributed by atoms with Crippen LogP contribution in [0.15, 0.2) is 100 Å². The Morgan fingerprint density at radius 2 is 1.53 bits per heavy atom. The fourth-order valence-electron chi connectivity index (χ4n) is 3.77. The molecule has 5 heteroatoms. The maximum atomic E-state index is 12.6. The topological polar surface area (TPSA) is 56.5 Å². The second-order valence-electron chi connectivity index (χ2n) is 7.40. The lowest BCUT2D eigenvalue weighted by molar-refractivity contribution is 0.103. The maximum absolute atomic E-state index is 12.6. The lowest BCUT2D eigenvalue weighted by atomic mass is 10.0. The van der Waals surface area contributed by atoms with Gasteiger partial charge in [-0.3, -0.25) is 4.79 Å². The van der Waals surface area contributed by atoms with Crippen LogP contribution in [0.1, 0.15) is 21.5 Å². The molecule has 0 saturated heterocycles. The summed E-state index contributed by atoms with van der Waals surface area (Å²) in [7, 11) is 0. The van der Waals surface area contributed by atoms with Crippen molar-refractivity contribution in [1.29, 1.82) is 0 Å². The average molecular weight is 441 g/mol. The lowest BCUT2D eigenvalue weighted by Gasteiger charge is -2.11. The van der Waals surface area contributed by atoms with E-state index in [0.717, 1.165) is 21.7 Å². The number of carbonyl (C=O) groups excluding carboxylic acids is 1. The van der Waals surface area contributed by atoms with Crippen LogP contribution in [0.4, 0.5) is 0 Å². The molecule has 0 bridgehead atoms. The van der Waals surface area contributed by atoms with Crippen LogP contribution in [-0.2, 0) is 6.61 Å². The largest absolute Gasteiger partial charge is 0.489 e. The zero-order chi connectivity index (χ0) is 22.1. The van der Waals surface area contributed by atoms with Gasteiger partial charge in [0, 0.05) is 33.2 Å². The van der Waals surface area contributed by atoms with E-state index in [1.807, 2.05) is 30.3 Å². The van der Waals surface area contributed by atoms with Gasteiger partial charge in [0.25, 0.3) is 0 Å². The number of fused-ring (bicyclic) bond motifs is 3. The second-order valence-corrected chi connectivity index (χ2v) is 7.84. The summed E-state index contributed by atoms with van der Waals surface area (Å²) < 4.78 is 11.3. The fraction of sp³-hybridized carbons (Fsp3) is 0.0370. The van der Waals surface area contributed by atoms with E-state index in [0.29, 0.717) is 27.5 Å². The Labute approximate surface area is 188 Å². The lowest BCUT2D eigenvalue weighted by Crippen LogP contribution is -2.05. The molecular formula is C27H17ClO4. The summed E-state index contributed by atoms with van der Waals surface area (Å²) in [4.78, 5) is 24.7. The molecule has 156 valence electrons. The predicted octanol–water partition coefficient (Wildman–Crippen LogP) is 6.41. The molecule has 5 rings (SSSR count). The van der Waals surface area contributed by atoms with Gasteiger partial charge in [0.1, 0.15) is 17.9 Å². The van der Waals surface area contributed by atoms with Gasteiger partial charge >= 0.3 is 5.63 Å². The quantitative estimate of drug-likeness (QED) is 0.180. The smallest absolute Gasteiger partial charge is 0.336 e. The van der Waals surface area contributed by atoms with E-state index in [2.05, 4.69) is 0 Å². The molecule has 0 aliphatic heterocycles. The molecule has 0 aliphatic rings. The minimum absolute atomic E-state index is 0.0913. The van der Waals surface area contributed by atoms with Gasteiger partial charge in [-0.2, -0.15) is 0 Å². The molecule has 32 heavy (non-hydrogen) atoms. The molecule has 0 spiro atoms. The number of carbonyl (C=O) groups is 1. The third-order valence-corrected chi connectivity index (χ3v) is 5.58. The van der Waals surface area contributed by atoms with Gasteiger partial charge in [0.05, 0.1) is 0 Å². The highest BCUT2D eigenvalue weighted by Gasteiger charge is 2.12. The van der Waals surface area contributed by atoms with Gasteiger partial charge in [0.15, 0.2) is 5.78 Å². The number of ketones is 1. The van der Waals surface area contributed by atoms with Crippen LogP contribution in [0, 0.1) is 0 Å². The molecule has 0 atom stereocenters. The van der Waals surface area contributed by atoms with Crippen molar-refractivity contribution in [2.75, 3.05) is 0 Å². The van der Waals surface area contributed by atoms with Crippen molar-refractivity contribution in [3.63, 3.8) is 0 Å². The van der Waals surface area contributed by atoms with Crippen molar-refractivity contribution in [3.05, 3.63) is 123 Å². The molecule has 1 heterocycles. The van der Waals surface area contributed by atoms with Crippen molar-refractivity contribution in [1.82, 2.24) is 0 Å². The highest BCUT2D eigenvalue weighted by atomic mass is 35.5. The number of ether oxygens (including phenoxy) is 1. The normalized spacial score (nSPS) is 11.0. The third kappa shape index (κ3) is 3.88. The number of rotatable bonds is 5. The van der Waals surface area contributed by atoms with E-state index in [9.17, 15) is 9.59 Å². The number of benzene rings is 4. The minimum atomic E-state index is -0.421. The summed E-state index contributed by atoms with van der Waals surface area (Å²) in [6, 6.07) is 26.9. The molecule has 4 aromatic carbocycles. The molecule has 0 aliphatic carbocycles. The molecule has 0 radical (unpaired) electrons. The zero-order valence-corrected chi connectivity index (χ0v) is 17.6. The number of hydrogen-bond acceptors (Lipinski definition) is 4. The third-order valence-electron chi connectivity index (χ3n) is 5.33. The van der Waals surface area contributed by atoms with E-state index in [1.54, 1.807) is 54.6 Å². The Morgan fingerprint density at radius 3 is 2.28 bits per heavy atom. The van der Waals surface area contributed by atoms with E-state index in [4.69, 9.17) is 20.8 Å². The average Bonchev–Trinajstić information content (AvgIpc) is 2.82. The fourth-order valence-corrected chi connectivity index (χ4v) is 3.89. The molecule has 4 nitrogen and oxygen atoms in total. The minimum Gasteiger partial charge on any atom is -0.489 e. The van der Waals surface area contributed by atoms with E-state index >= 15 is 0 Å². The molecule has 0 unspecified atom stereocenters. The zero-order valence-electron chi connectivity index (χ0n) is 16.9. The van der Waals surface area contributed by atoms with E-state index < -0.39 is 5.63 Å². The first-order chi connectivity index (χ1) is 15.6. The summed E-state index contributed by atoms with van der Waals surface area (Å²) >= 11 is 5.89. The van der Waals surface area contributed by atoms with Crippen LogP contribution in [0.2, 0.25) is 5.02 Å². The van der Waals surface area contributed by atoms with Gasteiger partial charge in [-0.15, -0.1) is 0 Å². The predicted molar refractivity (Wildman–Crippen MR) is 126 cm³/mol. The van der Waals surface area contributed by atoms with Gasteiger partial charge in [-0.1, -0.05) is 41.9 Å². The Morgan fingerprint density at radius 1 is 0.844 bits per heavy atom. The first kappa shape index (κ1) is 20.0.